The van der Waals surface area contributed by atoms with Gasteiger partial charge in [-0.05, 0) is 72.8 Å². The Hall–Kier alpha value is -8.10. The maximum Gasteiger partial charge on any atom is 0.144 e. The average Bonchev–Trinajstić information content (AvgIpc) is 4.04. The van der Waals surface area contributed by atoms with Crippen LogP contribution in [0.1, 0.15) is 0 Å². The number of fused-ring (bicyclic) bond motifs is 12. The monoisotopic (exact) mass is 744 g/mol. The van der Waals surface area contributed by atoms with Gasteiger partial charge in [-0.1, -0.05) is 60.7 Å². The lowest BCUT2D eigenvalue weighted by atomic mass is 10.00. The van der Waals surface area contributed by atoms with Crippen molar-refractivity contribution in [3.8, 4) is 33.9 Å². The third-order valence-corrected chi connectivity index (χ3v) is 11.6. The first-order valence-corrected chi connectivity index (χ1v) is 19.2. The molecule has 8 heteroatoms. The maximum absolute atomic E-state index is 6.70. The van der Waals surface area contributed by atoms with Gasteiger partial charge in [0.1, 0.15) is 33.7 Å². The highest BCUT2D eigenvalue weighted by Gasteiger charge is 2.22. The van der Waals surface area contributed by atoms with Gasteiger partial charge in [-0.2, -0.15) is 0 Å². The highest BCUT2D eigenvalue weighted by molar-refractivity contribution is 6.15. The zero-order chi connectivity index (χ0) is 37.9. The van der Waals surface area contributed by atoms with E-state index in [1.165, 1.54) is 21.5 Å². The van der Waals surface area contributed by atoms with Gasteiger partial charge in [-0.3, -0.25) is 19.9 Å². The van der Waals surface area contributed by atoms with E-state index < -0.39 is 0 Å². The number of aromatic nitrogens is 6. The molecule has 0 atom stereocenters. The fourth-order valence-electron chi connectivity index (χ4n) is 9.15. The molecule has 13 rings (SSSR count). The molecule has 0 unspecified atom stereocenters. The van der Waals surface area contributed by atoms with Gasteiger partial charge in [-0.15, -0.1) is 0 Å². The molecule has 8 nitrogen and oxygen atoms in total. The van der Waals surface area contributed by atoms with E-state index >= 15 is 0 Å². The minimum Gasteiger partial charge on any atom is -0.455 e. The van der Waals surface area contributed by atoms with Crippen LogP contribution in [0.15, 0.2) is 179 Å². The molecule has 13 aromatic rings. The molecule has 0 saturated heterocycles. The van der Waals surface area contributed by atoms with E-state index in [1.54, 1.807) is 12.4 Å². The summed E-state index contributed by atoms with van der Waals surface area (Å²) in [5, 5.41) is 8.75. The molecule has 7 aromatic heterocycles. The Bertz CT molecular complexity index is 3470. The van der Waals surface area contributed by atoms with E-state index in [0.29, 0.717) is 11.4 Å². The summed E-state index contributed by atoms with van der Waals surface area (Å²) in [5.74, 6) is 0. The molecule has 7 heterocycles. The SMILES string of the molecule is c1cc(-c2nccnc2-c2cccc3c2oc2ccc(-n4c5ccccc5c5ccncc54)cc23)c2oc3ccc(-n4c5ccccc5c5ccncc54)cc3c2c1. The van der Waals surface area contributed by atoms with Crippen molar-refractivity contribution >= 4 is 87.5 Å². The molecular formula is C50H28N6O2. The number of hydrogen-bond acceptors (Lipinski definition) is 6. The highest BCUT2D eigenvalue weighted by Crippen LogP contribution is 2.43. The molecule has 6 aromatic carbocycles. The third-order valence-electron chi connectivity index (χ3n) is 11.6. The summed E-state index contributed by atoms with van der Waals surface area (Å²) in [5.41, 5.74) is 12.7. The number of para-hydroxylation sites is 4. The standard InChI is InChI=1S/C50H28N6O2/c1-3-13-41-31(7-1)33-19-21-51-27-43(33)55(41)29-15-17-45-39(25-29)35-9-5-11-37(49(35)57-45)47-48(54-24-23-53-47)38-12-6-10-36-40-26-30(16-18-46(40)58-50(36)38)56-42-14-4-2-8-32(42)34-20-22-52-28-44(34)56/h1-28H. The maximum atomic E-state index is 6.70. The van der Waals surface area contributed by atoms with Crippen LogP contribution in [-0.4, -0.2) is 29.1 Å². The quantitative estimate of drug-likeness (QED) is 0.178. The molecule has 0 radical (unpaired) electrons. The lowest BCUT2D eigenvalue weighted by Gasteiger charge is -2.09. The summed E-state index contributed by atoms with van der Waals surface area (Å²) in [4.78, 5) is 18.9. The van der Waals surface area contributed by atoms with Crippen molar-refractivity contribution in [3.05, 3.63) is 171 Å². The van der Waals surface area contributed by atoms with Gasteiger partial charge in [-0.25, -0.2) is 0 Å². The zero-order valence-corrected chi connectivity index (χ0v) is 30.7. The van der Waals surface area contributed by atoms with E-state index in [-0.39, 0.29) is 0 Å². The number of furan rings is 2. The third kappa shape index (κ3) is 4.28. The van der Waals surface area contributed by atoms with E-state index in [4.69, 9.17) is 18.8 Å². The summed E-state index contributed by atoms with van der Waals surface area (Å²) >= 11 is 0. The first kappa shape index (κ1) is 31.1. The van der Waals surface area contributed by atoms with Crippen LogP contribution >= 0.6 is 0 Å². The molecule has 0 aliphatic carbocycles. The van der Waals surface area contributed by atoms with Crippen LogP contribution in [0, 0.1) is 0 Å². The number of hydrogen-bond donors (Lipinski definition) is 0. The van der Waals surface area contributed by atoms with Gasteiger partial charge in [0, 0.05) is 90.4 Å². The Balaban J connectivity index is 0.971. The minimum absolute atomic E-state index is 0.715. The molecule has 0 saturated carbocycles. The minimum atomic E-state index is 0.715. The number of nitrogens with zero attached hydrogens (tertiary/aromatic N) is 6. The largest absolute Gasteiger partial charge is 0.455 e. The molecule has 0 fully saturated rings. The Kier molecular flexibility index (Phi) is 6.29. The summed E-state index contributed by atoms with van der Waals surface area (Å²) in [6.45, 7) is 0. The predicted molar refractivity (Wildman–Crippen MR) is 232 cm³/mol. The Morgan fingerprint density at radius 1 is 0.362 bits per heavy atom. The van der Waals surface area contributed by atoms with Gasteiger partial charge in [0.25, 0.3) is 0 Å². The Morgan fingerprint density at radius 3 is 1.31 bits per heavy atom. The van der Waals surface area contributed by atoms with Gasteiger partial charge in [0.15, 0.2) is 0 Å². The first-order chi connectivity index (χ1) is 28.8. The van der Waals surface area contributed by atoms with Gasteiger partial charge in [0.2, 0.25) is 0 Å². The van der Waals surface area contributed by atoms with Crippen LogP contribution in [0.25, 0.3) is 121 Å². The van der Waals surface area contributed by atoms with Crippen LogP contribution in [0.5, 0.6) is 0 Å². The fourth-order valence-corrected chi connectivity index (χ4v) is 9.15. The molecule has 0 bridgehead atoms. The van der Waals surface area contributed by atoms with Crippen LogP contribution in [0.2, 0.25) is 0 Å². The number of benzene rings is 6. The van der Waals surface area contributed by atoms with Gasteiger partial charge < -0.3 is 18.0 Å². The average molecular weight is 745 g/mol. The lowest BCUT2D eigenvalue weighted by molar-refractivity contribution is 0.668. The first-order valence-electron chi connectivity index (χ1n) is 19.2. The summed E-state index contributed by atoms with van der Waals surface area (Å²) < 4.78 is 18.0. The molecule has 0 aliphatic rings. The molecule has 58 heavy (non-hydrogen) atoms. The summed E-state index contributed by atoms with van der Waals surface area (Å²) in [6, 6.07) is 46.4. The molecule has 0 N–H and O–H groups in total. The molecule has 0 amide bonds. The summed E-state index contributed by atoms with van der Waals surface area (Å²) in [7, 11) is 0. The van der Waals surface area contributed by atoms with E-state index in [0.717, 1.165) is 88.4 Å². The van der Waals surface area contributed by atoms with Crippen molar-refractivity contribution in [3.63, 3.8) is 0 Å². The van der Waals surface area contributed by atoms with E-state index in [9.17, 15) is 0 Å². The van der Waals surface area contributed by atoms with Crippen molar-refractivity contribution in [2.24, 2.45) is 0 Å². The van der Waals surface area contributed by atoms with E-state index in [2.05, 4.69) is 153 Å². The fraction of sp³-hybridized carbons (Fsp3) is 0. The second kappa shape index (κ2) is 11.7. The normalized spacial score (nSPS) is 12.1. The molecule has 0 spiro atoms. The van der Waals surface area contributed by atoms with Crippen LogP contribution < -0.4 is 0 Å². The Morgan fingerprint density at radius 2 is 0.810 bits per heavy atom. The second-order valence-corrected chi connectivity index (χ2v) is 14.7. The van der Waals surface area contributed by atoms with Crippen molar-refractivity contribution in [2.75, 3.05) is 0 Å². The van der Waals surface area contributed by atoms with Gasteiger partial charge >= 0.3 is 0 Å². The number of pyridine rings is 2. The van der Waals surface area contributed by atoms with Crippen molar-refractivity contribution in [2.45, 2.75) is 0 Å². The van der Waals surface area contributed by atoms with Gasteiger partial charge in [0.05, 0.1) is 34.5 Å². The Labute approximate surface area is 328 Å². The molecule has 0 aliphatic heterocycles. The van der Waals surface area contributed by atoms with Crippen molar-refractivity contribution in [1.82, 2.24) is 29.1 Å². The summed E-state index contributed by atoms with van der Waals surface area (Å²) in [6.07, 6.45) is 11.0. The molecular weight excluding hydrogens is 717 g/mol. The van der Waals surface area contributed by atoms with Crippen LogP contribution in [0.4, 0.5) is 0 Å². The predicted octanol–water partition coefficient (Wildman–Crippen LogP) is 12.6. The zero-order valence-electron chi connectivity index (χ0n) is 30.7. The second-order valence-electron chi connectivity index (χ2n) is 14.7. The number of rotatable bonds is 4. The topological polar surface area (TPSA) is 87.7 Å². The highest BCUT2D eigenvalue weighted by atomic mass is 16.3. The van der Waals surface area contributed by atoms with Crippen molar-refractivity contribution < 1.29 is 8.83 Å². The molecule has 270 valence electrons. The van der Waals surface area contributed by atoms with E-state index in [1.807, 2.05) is 24.8 Å². The van der Waals surface area contributed by atoms with Crippen LogP contribution in [0.3, 0.4) is 0 Å². The lowest BCUT2D eigenvalue weighted by Crippen LogP contribution is -1.94. The smallest absolute Gasteiger partial charge is 0.144 e. The van der Waals surface area contributed by atoms with Crippen molar-refractivity contribution in [1.29, 1.82) is 0 Å². The van der Waals surface area contributed by atoms with Crippen LogP contribution in [-0.2, 0) is 0 Å².